The number of aliphatic carboxylic acids is 1. The Kier molecular flexibility index (Phi) is 4.55. The highest BCUT2D eigenvalue weighted by Crippen LogP contribution is 2.31. The van der Waals surface area contributed by atoms with Crippen molar-refractivity contribution in [1.29, 1.82) is 0 Å². The number of carboxylic acid groups (broad SMARTS) is 1. The molecule has 2 aromatic rings. The van der Waals surface area contributed by atoms with E-state index in [9.17, 15) is 9.90 Å². The molecule has 0 spiro atoms. The van der Waals surface area contributed by atoms with Crippen LogP contribution >= 0.6 is 11.6 Å². The van der Waals surface area contributed by atoms with Gasteiger partial charge in [0.05, 0.1) is 11.4 Å². The molecule has 122 valence electrons. The standard InChI is InChI=1S/C18H21ClN2O2/c1-11-5-6-16(18(22)23)12(2)21(11)10-14-9-15(19)8-13-4-3-7-20-17(13)14/h3-4,7-9,11-12,16H,5-6,10H2,1-2H3,(H,22,23)/t11-,12+,16+/m1/s1. The maximum atomic E-state index is 11.5. The van der Waals surface area contributed by atoms with Crippen LogP contribution in [0.1, 0.15) is 32.3 Å². The lowest BCUT2D eigenvalue weighted by Gasteiger charge is -2.42. The molecule has 0 amide bonds. The average Bonchev–Trinajstić information content (AvgIpc) is 2.50. The lowest BCUT2D eigenvalue weighted by Crippen LogP contribution is -2.50. The predicted octanol–water partition coefficient (Wildman–Crippen LogP) is 3.96. The Hall–Kier alpha value is -1.65. The summed E-state index contributed by atoms with van der Waals surface area (Å²) >= 11 is 6.25. The molecule has 1 saturated heterocycles. The number of pyridine rings is 1. The number of likely N-dealkylation sites (tertiary alicyclic amines) is 1. The molecule has 0 bridgehead atoms. The highest BCUT2D eigenvalue weighted by molar-refractivity contribution is 6.31. The number of nitrogens with zero attached hydrogens (tertiary/aromatic N) is 2. The van der Waals surface area contributed by atoms with Gasteiger partial charge in [0.15, 0.2) is 0 Å². The van der Waals surface area contributed by atoms with Crippen molar-refractivity contribution in [2.75, 3.05) is 0 Å². The molecule has 3 rings (SSSR count). The first-order chi connectivity index (χ1) is 11.0. The molecule has 4 nitrogen and oxygen atoms in total. The van der Waals surface area contributed by atoms with Gasteiger partial charge in [0.1, 0.15) is 0 Å². The maximum absolute atomic E-state index is 11.5. The van der Waals surface area contributed by atoms with Crippen LogP contribution in [-0.4, -0.2) is 33.0 Å². The van der Waals surface area contributed by atoms with Gasteiger partial charge in [0, 0.05) is 35.2 Å². The minimum atomic E-state index is -0.705. The van der Waals surface area contributed by atoms with Crippen molar-refractivity contribution in [3.63, 3.8) is 0 Å². The molecule has 5 heteroatoms. The normalized spacial score (nSPS) is 25.6. The zero-order valence-corrected chi connectivity index (χ0v) is 14.1. The van der Waals surface area contributed by atoms with Gasteiger partial charge >= 0.3 is 5.97 Å². The van der Waals surface area contributed by atoms with Crippen molar-refractivity contribution in [3.05, 3.63) is 41.0 Å². The molecule has 1 aromatic carbocycles. The number of aromatic nitrogens is 1. The van der Waals surface area contributed by atoms with E-state index in [2.05, 4.69) is 16.8 Å². The van der Waals surface area contributed by atoms with Gasteiger partial charge in [-0.25, -0.2) is 0 Å². The minimum absolute atomic E-state index is 0.00556. The molecule has 0 unspecified atom stereocenters. The summed E-state index contributed by atoms with van der Waals surface area (Å²) in [6.07, 6.45) is 3.42. The first kappa shape index (κ1) is 16.2. The minimum Gasteiger partial charge on any atom is -0.481 e. The van der Waals surface area contributed by atoms with Crippen LogP contribution in [0.25, 0.3) is 10.9 Å². The van der Waals surface area contributed by atoms with Crippen molar-refractivity contribution in [2.24, 2.45) is 5.92 Å². The van der Waals surface area contributed by atoms with E-state index in [1.54, 1.807) is 6.20 Å². The Morgan fingerprint density at radius 2 is 2.17 bits per heavy atom. The van der Waals surface area contributed by atoms with E-state index < -0.39 is 5.97 Å². The number of hydrogen-bond donors (Lipinski definition) is 1. The third kappa shape index (κ3) is 3.19. The monoisotopic (exact) mass is 332 g/mol. The molecule has 1 N–H and O–H groups in total. The van der Waals surface area contributed by atoms with Gasteiger partial charge in [-0.05, 0) is 50.5 Å². The second kappa shape index (κ2) is 6.46. The Bertz CT molecular complexity index is 734. The summed E-state index contributed by atoms with van der Waals surface area (Å²) in [6, 6.07) is 8.10. The van der Waals surface area contributed by atoms with Crippen LogP contribution in [0.4, 0.5) is 0 Å². The van der Waals surface area contributed by atoms with Crippen LogP contribution < -0.4 is 0 Å². The lowest BCUT2D eigenvalue weighted by atomic mass is 9.86. The molecule has 23 heavy (non-hydrogen) atoms. The van der Waals surface area contributed by atoms with Crippen LogP contribution in [0.3, 0.4) is 0 Å². The zero-order chi connectivity index (χ0) is 16.6. The fraction of sp³-hybridized carbons (Fsp3) is 0.444. The van der Waals surface area contributed by atoms with Gasteiger partial charge in [-0.1, -0.05) is 17.7 Å². The fourth-order valence-electron chi connectivity index (χ4n) is 3.63. The number of carbonyl (C=O) groups is 1. The average molecular weight is 333 g/mol. The first-order valence-electron chi connectivity index (χ1n) is 7.99. The van der Waals surface area contributed by atoms with Gasteiger partial charge in [-0.15, -0.1) is 0 Å². The van der Waals surface area contributed by atoms with Crippen LogP contribution in [0.15, 0.2) is 30.5 Å². The van der Waals surface area contributed by atoms with Crippen molar-refractivity contribution in [3.8, 4) is 0 Å². The Morgan fingerprint density at radius 3 is 2.91 bits per heavy atom. The SMILES string of the molecule is C[C@@H]1CC[C@H](C(=O)O)[C@H](C)N1Cc1cc(Cl)cc2cccnc12. The third-order valence-corrected chi connectivity index (χ3v) is 5.20. The van der Waals surface area contributed by atoms with Crippen LogP contribution in [-0.2, 0) is 11.3 Å². The summed E-state index contributed by atoms with van der Waals surface area (Å²) in [4.78, 5) is 18.2. The highest BCUT2D eigenvalue weighted by atomic mass is 35.5. The third-order valence-electron chi connectivity index (χ3n) is 4.99. The van der Waals surface area contributed by atoms with E-state index in [0.717, 1.165) is 29.3 Å². The van der Waals surface area contributed by atoms with Crippen molar-refractivity contribution >= 4 is 28.5 Å². The van der Waals surface area contributed by atoms with E-state index in [-0.39, 0.29) is 12.0 Å². The molecule has 0 radical (unpaired) electrons. The molecular formula is C18H21ClN2O2. The van der Waals surface area contributed by atoms with E-state index in [1.807, 2.05) is 31.2 Å². The second-order valence-electron chi connectivity index (χ2n) is 6.42. The van der Waals surface area contributed by atoms with E-state index >= 15 is 0 Å². The number of benzene rings is 1. The quantitative estimate of drug-likeness (QED) is 0.924. The summed E-state index contributed by atoms with van der Waals surface area (Å²) in [6.45, 7) is 4.84. The number of halogens is 1. The summed E-state index contributed by atoms with van der Waals surface area (Å²) in [5.41, 5.74) is 1.99. The Morgan fingerprint density at radius 1 is 1.39 bits per heavy atom. The highest BCUT2D eigenvalue weighted by Gasteiger charge is 2.36. The summed E-state index contributed by atoms with van der Waals surface area (Å²) < 4.78 is 0. The lowest BCUT2D eigenvalue weighted by molar-refractivity contribution is -0.146. The largest absolute Gasteiger partial charge is 0.481 e. The molecule has 3 atom stereocenters. The summed E-state index contributed by atoms with van der Waals surface area (Å²) in [5.74, 6) is -1.02. The Balaban J connectivity index is 1.95. The van der Waals surface area contributed by atoms with Crippen molar-refractivity contribution < 1.29 is 9.90 Å². The fourth-order valence-corrected chi connectivity index (χ4v) is 3.88. The number of carboxylic acids is 1. The molecule has 2 heterocycles. The van der Waals surface area contributed by atoms with Gasteiger partial charge < -0.3 is 5.11 Å². The molecule has 1 aliphatic heterocycles. The molecule has 0 aliphatic carbocycles. The van der Waals surface area contributed by atoms with E-state index in [4.69, 9.17) is 11.6 Å². The van der Waals surface area contributed by atoms with E-state index in [0.29, 0.717) is 17.6 Å². The smallest absolute Gasteiger partial charge is 0.308 e. The molecular weight excluding hydrogens is 312 g/mol. The molecule has 1 fully saturated rings. The van der Waals surface area contributed by atoms with Gasteiger partial charge in [0.2, 0.25) is 0 Å². The van der Waals surface area contributed by atoms with Gasteiger partial charge in [0.25, 0.3) is 0 Å². The van der Waals surface area contributed by atoms with Crippen LogP contribution in [0, 0.1) is 5.92 Å². The molecule has 1 aromatic heterocycles. The second-order valence-corrected chi connectivity index (χ2v) is 6.86. The summed E-state index contributed by atoms with van der Waals surface area (Å²) in [5, 5.41) is 11.1. The maximum Gasteiger partial charge on any atom is 0.308 e. The number of piperidine rings is 1. The number of rotatable bonds is 3. The van der Waals surface area contributed by atoms with Crippen LogP contribution in [0.5, 0.6) is 0 Å². The van der Waals surface area contributed by atoms with Crippen molar-refractivity contribution in [2.45, 2.75) is 45.3 Å². The predicted molar refractivity (Wildman–Crippen MR) is 91.6 cm³/mol. The number of fused-ring (bicyclic) bond motifs is 1. The first-order valence-corrected chi connectivity index (χ1v) is 8.37. The zero-order valence-electron chi connectivity index (χ0n) is 13.4. The molecule has 0 saturated carbocycles. The summed E-state index contributed by atoms with van der Waals surface area (Å²) in [7, 11) is 0. The van der Waals surface area contributed by atoms with Crippen LogP contribution in [0.2, 0.25) is 5.02 Å². The van der Waals surface area contributed by atoms with Crippen molar-refractivity contribution in [1.82, 2.24) is 9.88 Å². The number of hydrogen-bond acceptors (Lipinski definition) is 3. The van der Waals surface area contributed by atoms with E-state index in [1.165, 1.54) is 0 Å². The Labute approximate surface area is 141 Å². The molecule has 1 aliphatic rings. The van der Waals surface area contributed by atoms with Gasteiger partial charge in [-0.2, -0.15) is 0 Å². The topological polar surface area (TPSA) is 53.4 Å². The van der Waals surface area contributed by atoms with Gasteiger partial charge in [-0.3, -0.25) is 14.7 Å².